The summed E-state index contributed by atoms with van der Waals surface area (Å²) in [6.45, 7) is 6.70. The second-order valence-electron chi connectivity index (χ2n) is 7.36. The number of fused-ring (bicyclic) bond motifs is 2. The van der Waals surface area contributed by atoms with Crippen LogP contribution in [0.1, 0.15) is 59.3 Å². The molecule has 17 heavy (non-hydrogen) atoms. The van der Waals surface area contributed by atoms with E-state index in [2.05, 4.69) is 26.1 Å². The van der Waals surface area contributed by atoms with Gasteiger partial charge in [-0.1, -0.05) is 20.8 Å². The minimum atomic E-state index is -0.623. The summed E-state index contributed by atoms with van der Waals surface area (Å²) in [7, 11) is 0. The number of aliphatic hydroxyl groups is 1. The molecule has 2 bridgehead atoms. The van der Waals surface area contributed by atoms with Crippen LogP contribution >= 0.6 is 0 Å². The first-order valence-electron chi connectivity index (χ1n) is 7.02. The van der Waals surface area contributed by atoms with E-state index in [1.54, 1.807) is 0 Å². The normalized spacial score (nSPS) is 39.4. The number of nitrogens with two attached hydrogens (primary N) is 1. The van der Waals surface area contributed by atoms with Gasteiger partial charge in [-0.05, 0) is 43.9 Å². The van der Waals surface area contributed by atoms with Crippen LogP contribution in [0.15, 0.2) is 0 Å². The predicted octanol–water partition coefficient (Wildman–Crippen LogP) is 1.79. The highest BCUT2D eigenvalue weighted by atomic mass is 16.3. The molecule has 0 aromatic heterocycles. The van der Waals surface area contributed by atoms with Gasteiger partial charge < -0.3 is 16.2 Å². The van der Waals surface area contributed by atoms with Gasteiger partial charge in [0.2, 0.25) is 0 Å². The number of rotatable bonds is 3. The van der Waals surface area contributed by atoms with E-state index in [1.165, 1.54) is 12.8 Å². The van der Waals surface area contributed by atoms with E-state index in [0.717, 1.165) is 25.7 Å². The van der Waals surface area contributed by atoms with E-state index in [0.29, 0.717) is 17.5 Å². The molecule has 4 N–H and O–H groups in total. The van der Waals surface area contributed by atoms with Crippen LogP contribution in [0.3, 0.4) is 0 Å². The molecule has 2 aliphatic rings. The highest BCUT2D eigenvalue weighted by molar-refractivity contribution is 5.04. The summed E-state index contributed by atoms with van der Waals surface area (Å²) in [5.41, 5.74) is 5.95. The fourth-order valence-electron chi connectivity index (χ4n) is 3.32. The first-order chi connectivity index (χ1) is 7.78. The minimum absolute atomic E-state index is 0.0630. The zero-order valence-electron chi connectivity index (χ0n) is 11.5. The summed E-state index contributed by atoms with van der Waals surface area (Å²) in [5, 5.41) is 14.3. The van der Waals surface area contributed by atoms with Crippen molar-refractivity contribution in [3.63, 3.8) is 0 Å². The molecule has 100 valence electrons. The van der Waals surface area contributed by atoms with Crippen molar-refractivity contribution >= 4 is 0 Å². The maximum atomic E-state index is 10.8. The maximum absolute atomic E-state index is 10.8. The highest BCUT2D eigenvalue weighted by Gasteiger charge is 2.45. The van der Waals surface area contributed by atoms with Gasteiger partial charge in [0.1, 0.15) is 0 Å². The predicted molar refractivity (Wildman–Crippen MR) is 70.8 cm³/mol. The number of hydrogen-bond donors (Lipinski definition) is 3. The van der Waals surface area contributed by atoms with Crippen molar-refractivity contribution in [3.05, 3.63) is 0 Å². The van der Waals surface area contributed by atoms with E-state index in [9.17, 15) is 5.11 Å². The van der Waals surface area contributed by atoms with E-state index in [4.69, 9.17) is 5.73 Å². The van der Waals surface area contributed by atoms with Crippen molar-refractivity contribution in [2.24, 2.45) is 11.1 Å². The van der Waals surface area contributed by atoms with Crippen LogP contribution in [0.4, 0.5) is 0 Å². The van der Waals surface area contributed by atoms with Crippen molar-refractivity contribution in [1.82, 2.24) is 5.32 Å². The van der Waals surface area contributed by atoms with Crippen LogP contribution in [0.5, 0.6) is 0 Å². The van der Waals surface area contributed by atoms with Gasteiger partial charge >= 0.3 is 0 Å². The average Bonchev–Trinajstić information content (AvgIpc) is 2.54. The lowest BCUT2D eigenvalue weighted by molar-refractivity contribution is -0.0329. The standard InChI is InChI=1S/C14H28N2O/c1-13(2,3)7-6-12(15)14(17)8-10-4-5-11(9-14)16-10/h10-12,16-17H,4-9,15H2,1-3H3. The molecule has 0 amide bonds. The third-order valence-corrected chi connectivity index (χ3v) is 4.43. The van der Waals surface area contributed by atoms with Gasteiger partial charge in [0.25, 0.3) is 0 Å². The number of hydrogen-bond acceptors (Lipinski definition) is 3. The number of piperidine rings is 1. The Morgan fingerprint density at radius 3 is 2.29 bits per heavy atom. The van der Waals surface area contributed by atoms with E-state index >= 15 is 0 Å². The summed E-state index contributed by atoms with van der Waals surface area (Å²) in [5.74, 6) is 0. The van der Waals surface area contributed by atoms with Crippen molar-refractivity contribution in [1.29, 1.82) is 0 Å². The Kier molecular flexibility index (Phi) is 3.54. The zero-order valence-corrected chi connectivity index (χ0v) is 11.5. The molecule has 0 aliphatic carbocycles. The summed E-state index contributed by atoms with van der Waals surface area (Å²) in [4.78, 5) is 0. The molecule has 2 saturated heterocycles. The molecule has 2 rings (SSSR count). The molecule has 0 aromatic rings. The van der Waals surface area contributed by atoms with Crippen LogP contribution in [-0.4, -0.2) is 28.8 Å². The third kappa shape index (κ3) is 3.21. The van der Waals surface area contributed by atoms with Crippen LogP contribution in [0, 0.1) is 5.41 Å². The molecule has 3 nitrogen and oxygen atoms in total. The van der Waals surface area contributed by atoms with Crippen molar-refractivity contribution in [3.8, 4) is 0 Å². The molecule has 0 aromatic carbocycles. The van der Waals surface area contributed by atoms with Gasteiger partial charge in [-0.15, -0.1) is 0 Å². The molecule has 2 heterocycles. The van der Waals surface area contributed by atoms with Gasteiger partial charge in [-0.3, -0.25) is 0 Å². The SMILES string of the molecule is CC(C)(C)CCC(N)C1(O)CC2CCC(C1)N2. The van der Waals surface area contributed by atoms with Gasteiger partial charge in [0, 0.05) is 18.1 Å². The second-order valence-corrected chi connectivity index (χ2v) is 7.36. The molecular weight excluding hydrogens is 212 g/mol. The Bertz CT molecular complexity index is 260. The first kappa shape index (κ1) is 13.3. The molecule has 0 saturated carbocycles. The fraction of sp³-hybridized carbons (Fsp3) is 1.00. The lowest BCUT2D eigenvalue weighted by Crippen LogP contribution is -2.57. The topological polar surface area (TPSA) is 58.3 Å². The van der Waals surface area contributed by atoms with E-state index in [-0.39, 0.29) is 6.04 Å². The molecule has 3 atom stereocenters. The van der Waals surface area contributed by atoms with Crippen LogP contribution in [-0.2, 0) is 0 Å². The summed E-state index contributed by atoms with van der Waals surface area (Å²) in [6, 6.07) is 0.936. The molecule has 3 heteroatoms. The first-order valence-corrected chi connectivity index (χ1v) is 7.02. The summed E-state index contributed by atoms with van der Waals surface area (Å²) < 4.78 is 0. The Labute approximate surface area is 105 Å². The smallest absolute Gasteiger partial charge is 0.0827 e. The third-order valence-electron chi connectivity index (χ3n) is 4.43. The molecule has 2 aliphatic heterocycles. The van der Waals surface area contributed by atoms with Crippen molar-refractivity contribution in [2.45, 2.75) is 83.0 Å². The lowest BCUT2D eigenvalue weighted by atomic mass is 9.77. The summed E-state index contributed by atoms with van der Waals surface area (Å²) >= 11 is 0. The van der Waals surface area contributed by atoms with E-state index in [1.807, 2.05) is 0 Å². The number of nitrogens with one attached hydrogen (secondary N) is 1. The van der Waals surface area contributed by atoms with Crippen molar-refractivity contribution < 1.29 is 5.11 Å². The zero-order chi connectivity index (χ0) is 12.7. The highest BCUT2D eigenvalue weighted by Crippen LogP contribution is 2.37. The Morgan fingerprint density at radius 1 is 1.29 bits per heavy atom. The van der Waals surface area contributed by atoms with Gasteiger partial charge in [-0.25, -0.2) is 0 Å². The molecule has 0 spiro atoms. The average molecular weight is 240 g/mol. The van der Waals surface area contributed by atoms with E-state index < -0.39 is 5.60 Å². The second kappa shape index (κ2) is 4.52. The van der Waals surface area contributed by atoms with Crippen LogP contribution in [0.25, 0.3) is 0 Å². The van der Waals surface area contributed by atoms with Gasteiger partial charge in [0.05, 0.1) is 5.60 Å². The monoisotopic (exact) mass is 240 g/mol. The largest absolute Gasteiger partial charge is 0.388 e. The quantitative estimate of drug-likeness (QED) is 0.705. The van der Waals surface area contributed by atoms with Crippen LogP contribution in [0.2, 0.25) is 0 Å². The summed E-state index contributed by atoms with van der Waals surface area (Å²) in [6.07, 6.45) is 6.11. The Balaban J connectivity index is 1.91. The van der Waals surface area contributed by atoms with Gasteiger partial charge in [-0.2, -0.15) is 0 Å². The Morgan fingerprint density at radius 2 is 1.82 bits per heavy atom. The lowest BCUT2D eigenvalue weighted by Gasteiger charge is -2.41. The van der Waals surface area contributed by atoms with Crippen molar-refractivity contribution in [2.75, 3.05) is 0 Å². The van der Waals surface area contributed by atoms with Crippen LogP contribution < -0.4 is 11.1 Å². The minimum Gasteiger partial charge on any atom is -0.388 e. The van der Waals surface area contributed by atoms with Gasteiger partial charge in [0.15, 0.2) is 0 Å². The molecule has 3 unspecified atom stereocenters. The maximum Gasteiger partial charge on any atom is 0.0827 e. The molecule has 0 radical (unpaired) electrons. The fourth-order valence-corrected chi connectivity index (χ4v) is 3.32. The molecular formula is C14H28N2O. The molecule has 2 fully saturated rings. The Hall–Kier alpha value is -0.120.